The number of fused-ring (bicyclic) bond motifs is 1. The Hall–Kier alpha value is -2.72. The molecule has 3 aromatic rings. The Kier molecular flexibility index (Phi) is 5.33. The summed E-state index contributed by atoms with van der Waals surface area (Å²) in [5, 5.41) is 41.3. The number of hydrogen-bond acceptors (Lipinski definition) is 4. The van der Waals surface area contributed by atoms with Crippen LogP contribution >= 0.6 is 0 Å². The number of aliphatic hydroxyl groups excluding tert-OH is 1. The molecule has 0 spiro atoms. The van der Waals surface area contributed by atoms with Gasteiger partial charge in [-0.2, -0.15) is 0 Å². The van der Waals surface area contributed by atoms with Crippen molar-refractivity contribution in [1.82, 2.24) is 0 Å². The molecule has 4 nitrogen and oxygen atoms in total. The molecule has 4 N–H and O–H groups in total. The van der Waals surface area contributed by atoms with Crippen LogP contribution in [0, 0.1) is 5.92 Å². The molecule has 0 radical (unpaired) electrons. The molecule has 0 saturated carbocycles. The molecule has 26 heavy (non-hydrogen) atoms. The minimum Gasteiger partial charge on any atom is -0.508 e. The maximum absolute atomic E-state index is 10.3. The number of aromatic hydroxyl groups is 3. The Morgan fingerprint density at radius 1 is 0.808 bits per heavy atom. The molecule has 0 unspecified atom stereocenters. The molecular weight excluding hydrogens is 328 g/mol. The van der Waals surface area contributed by atoms with Gasteiger partial charge in [0.05, 0.1) is 6.10 Å². The largest absolute Gasteiger partial charge is 0.508 e. The maximum Gasteiger partial charge on any atom is 0.123 e. The van der Waals surface area contributed by atoms with E-state index in [1.165, 1.54) is 23.8 Å². The van der Waals surface area contributed by atoms with Crippen molar-refractivity contribution in [3.05, 3.63) is 65.7 Å². The number of phenolic OH excluding ortho intramolecular Hbond substituents is 3. The second-order valence-electron chi connectivity index (χ2n) is 6.97. The van der Waals surface area contributed by atoms with Crippen molar-refractivity contribution in [2.45, 2.75) is 32.3 Å². The van der Waals surface area contributed by atoms with E-state index in [-0.39, 0.29) is 17.2 Å². The summed E-state index contributed by atoms with van der Waals surface area (Å²) in [4.78, 5) is 0. The third-order valence-electron chi connectivity index (χ3n) is 4.80. The zero-order valence-electron chi connectivity index (χ0n) is 14.8. The monoisotopic (exact) mass is 352 g/mol. The minimum atomic E-state index is -0.730. The lowest BCUT2D eigenvalue weighted by molar-refractivity contribution is 0.157. The Labute approximate surface area is 153 Å². The summed E-state index contributed by atoms with van der Waals surface area (Å²) in [6.45, 7) is 2.13. The van der Waals surface area contributed by atoms with Gasteiger partial charge in [-0.1, -0.05) is 37.3 Å². The molecule has 0 amide bonds. The van der Waals surface area contributed by atoms with Gasteiger partial charge in [-0.05, 0) is 59.9 Å². The van der Waals surface area contributed by atoms with E-state index in [0.717, 1.165) is 23.6 Å². The van der Waals surface area contributed by atoms with Gasteiger partial charge in [-0.15, -0.1) is 0 Å². The van der Waals surface area contributed by atoms with Crippen LogP contribution in [0.3, 0.4) is 0 Å². The fourth-order valence-corrected chi connectivity index (χ4v) is 3.42. The summed E-state index contributed by atoms with van der Waals surface area (Å²) in [5.74, 6) is 0.518. The predicted octanol–water partition coefficient (Wildman–Crippen LogP) is 4.65. The first-order chi connectivity index (χ1) is 12.4. The predicted molar refractivity (Wildman–Crippen MR) is 102 cm³/mol. The average Bonchev–Trinajstić information content (AvgIpc) is 2.61. The fourth-order valence-electron chi connectivity index (χ4n) is 3.42. The molecule has 136 valence electrons. The highest BCUT2D eigenvalue weighted by atomic mass is 16.3. The van der Waals surface area contributed by atoms with Crippen LogP contribution in [0.5, 0.6) is 17.2 Å². The topological polar surface area (TPSA) is 80.9 Å². The van der Waals surface area contributed by atoms with E-state index in [2.05, 4.69) is 6.92 Å². The van der Waals surface area contributed by atoms with Gasteiger partial charge in [0.2, 0.25) is 0 Å². The van der Waals surface area contributed by atoms with Crippen LogP contribution in [-0.2, 0) is 6.42 Å². The Bertz CT molecular complexity index is 884. The normalized spacial score (nSPS) is 13.6. The second-order valence-corrected chi connectivity index (χ2v) is 6.97. The maximum atomic E-state index is 10.3. The summed E-state index contributed by atoms with van der Waals surface area (Å²) in [5.41, 5.74) is 1.69. The molecule has 0 fully saturated rings. The third kappa shape index (κ3) is 4.09. The first kappa shape index (κ1) is 18.1. The van der Waals surface area contributed by atoms with E-state index in [1.807, 2.05) is 30.3 Å². The van der Waals surface area contributed by atoms with E-state index < -0.39 is 6.10 Å². The van der Waals surface area contributed by atoms with E-state index in [0.29, 0.717) is 17.9 Å². The molecule has 2 atom stereocenters. The van der Waals surface area contributed by atoms with Gasteiger partial charge in [0.15, 0.2) is 0 Å². The molecule has 0 bridgehead atoms. The average molecular weight is 352 g/mol. The van der Waals surface area contributed by atoms with Gasteiger partial charge in [0.25, 0.3) is 0 Å². The summed E-state index contributed by atoms with van der Waals surface area (Å²) >= 11 is 0. The summed E-state index contributed by atoms with van der Waals surface area (Å²) in [7, 11) is 0. The Morgan fingerprint density at radius 2 is 1.46 bits per heavy atom. The molecule has 4 heteroatoms. The highest BCUT2D eigenvalue weighted by molar-refractivity contribution is 5.90. The molecule has 0 saturated heterocycles. The summed E-state index contributed by atoms with van der Waals surface area (Å²) < 4.78 is 0. The van der Waals surface area contributed by atoms with E-state index >= 15 is 0 Å². The number of phenols is 3. The van der Waals surface area contributed by atoms with Crippen LogP contribution in [0.15, 0.2) is 54.6 Å². The molecule has 3 aromatic carbocycles. The lowest BCUT2D eigenvalue weighted by atomic mass is 9.91. The SMILES string of the molecule is C[C@@H](CC[C@H](O)c1cc(O)cc(O)c1)Cc1ccc(O)c2ccccc12. The van der Waals surface area contributed by atoms with Crippen LogP contribution < -0.4 is 0 Å². The van der Waals surface area contributed by atoms with Crippen molar-refractivity contribution in [1.29, 1.82) is 0 Å². The van der Waals surface area contributed by atoms with E-state index in [1.54, 1.807) is 6.07 Å². The van der Waals surface area contributed by atoms with Crippen LogP contribution in [0.1, 0.15) is 37.0 Å². The smallest absolute Gasteiger partial charge is 0.123 e. The zero-order valence-corrected chi connectivity index (χ0v) is 14.8. The van der Waals surface area contributed by atoms with Crippen molar-refractivity contribution in [2.75, 3.05) is 0 Å². The van der Waals surface area contributed by atoms with Crippen LogP contribution in [0.4, 0.5) is 0 Å². The lowest BCUT2D eigenvalue weighted by Gasteiger charge is -2.17. The molecule has 0 aliphatic rings. The minimum absolute atomic E-state index is 0.0531. The van der Waals surface area contributed by atoms with Crippen molar-refractivity contribution < 1.29 is 20.4 Å². The Morgan fingerprint density at radius 3 is 2.15 bits per heavy atom. The second kappa shape index (κ2) is 7.67. The van der Waals surface area contributed by atoms with Crippen LogP contribution in [0.2, 0.25) is 0 Å². The van der Waals surface area contributed by atoms with Gasteiger partial charge in [-0.3, -0.25) is 0 Å². The van der Waals surface area contributed by atoms with Gasteiger partial charge in [-0.25, -0.2) is 0 Å². The van der Waals surface area contributed by atoms with Gasteiger partial charge >= 0.3 is 0 Å². The number of hydrogen-bond donors (Lipinski definition) is 4. The van der Waals surface area contributed by atoms with Gasteiger partial charge < -0.3 is 20.4 Å². The highest BCUT2D eigenvalue weighted by Gasteiger charge is 2.14. The van der Waals surface area contributed by atoms with Crippen LogP contribution in [-0.4, -0.2) is 20.4 Å². The van der Waals surface area contributed by atoms with Crippen molar-refractivity contribution in [3.63, 3.8) is 0 Å². The van der Waals surface area contributed by atoms with E-state index in [9.17, 15) is 20.4 Å². The molecular formula is C22H24O4. The Balaban J connectivity index is 1.66. The first-order valence-electron chi connectivity index (χ1n) is 8.84. The molecule has 3 rings (SSSR count). The van der Waals surface area contributed by atoms with Gasteiger partial charge in [0, 0.05) is 11.5 Å². The summed E-state index contributed by atoms with van der Waals surface area (Å²) in [6.07, 6.45) is 1.46. The van der Waals surface area contributed by atoms with Crippen molar-refractivity contribution in [2.24, 2.45) is 5.92 Å². The van der Waals surface area contributed by atoms with Crippen molar-refractivity contribution in [3.8, 4) is 17.2 Å². The first-order valence-corrected chi connectivity index (χ1v) is 8.84. The lowest BCUT2D eigenvalue weighted by Crippen LogP contribution is -2.05. The summed E-state index contributed by atoms with van der Waals surface area (Å²) in [6, 6.07) is 15.7. The molecule has 0 aromatic heterocycles. The fraction of sp³-hybridized carbons (Fsp3) is 0.273. The third-order valence-corrected chi connectivity index (χ3v) is 4.80. The number of rotatable bonds is 6. The highest BCUT2D eigenvalue weighted by Crippen LogP contribution is 2.31. The quantitative estimate of drug-likeness (QED) is 0.520. The molecule has 0 aliphatic heterocycles. The van der Waals surface area contributed by atoms with Crippen molar-refractivity contribution >= 4 is 10.8 Å². The standard InChI is InChI=1S/C22H24O4/c1-14(6-8-21(25)16-11-17(23)13-18(24)12-16)10-15-7-9-22(26)20-5-3-2-4-19(15)20/h2-5,7,9,11-14,21,23-26H,6,8,10H2,1H3/t14-,21-/m0/s1. The van der Waals surface area contributed by atoms with E-state index in [4.69, 9.17) is 0 Å². The zero-order chi connectivity index (χ0) is 18.7. The number of benzene rings is 3. The molecule has 0 heterocycles. The molecule has 0 aliphatic carbocycles. The number of aliphatic hydroxyl groups is 1. The van der Waals surface area contributed by atoms with Gasteiger partial charge in [0.1, 0.15) is 17.2 Å². The van der Waals surface area contributed by atoms with Crippen LogP contribution in [0.25, 0.3) is 10.8 Å².